The molecule has 0 saturated heterocycles. The lowest BCUT2D eigenvalue weighted by Crippen LogP contribution is -2.45. The molecule has 0 saturated carbocycles. The number of carbonyl (C=O) groups excluding carboxylic acids is 2. The largest absolute Gasteiger partial charge is 0.483 e. The lowest BCUT2D eigenvalue weighted by Gasteiger charge is -2.15. The Labute approximate surface area is 155 Å². The molecule has 0 bridgehead atoms. The van der Waals surface area contributed by atoms with Gasteiger partial charge in [0.05, 0.1) is 5.69 Å². The number of urea groups is 1. The second-order valence-electron chi connectivity index (χ2n) is 6.24. The normalized spacial score (nSPS) is 10.4. The summed E-state index contributed by atoms with van der Waals surface area (Å²) in [5.74, 6) is -1.47. The summed E-state index contributed by atoms with van der Waals surface area (Å²) >= 11 is 0. The van der Waals surface area contributed by atoms with E-state index in [1.54, 1.807) is 0 Å². The van der Waals surface area contributed by atoms with E-state index in [1.165, 1.54) is 0 Å². The number of anilines is 1. The summed E-state index contributed by atoms with van der Waals surface area (Å²) in [7, 11) is 0. The quantitative estimate of drug-likeness (QED) is 0.696. The van der Waals surface area contributed by atoms with Crippen LogP contribution >= 0.6 is 0 Å². The van der Waals surface area contributed by atoms with Crippen LogP contribution in [0, 0.1) is 18.6 Å². The molecular formula is C19H21F2N3O3. The van der Waals surface area contributed by atoms with Gasteiger partial charge in [0.15, 0.2) is 6.61 Å². The minimum Gasteiger partial charge on any atom is -0.483 e. The van der Waals surface area contributed by atoms with Crippen LogP contribution in [0.5, 0.6) is 5.75 Å². The number of amides is 3. The Bertz CT molecular complexity index is 841. The van der Waals surface area contributed by atoms with E-state index >= 15 is 0 Å². The number of ether oxygens (including phenoxy) is 1. The molecule has 0 spiro atoms. The SMILES string of the molecule is Cc1ccc(C(C)C)c(OCC(=O)NNC(=O)Nc2ccc(F)cc2F)c1. The third-order valence-corrected chi connectivity index (χ3v) is 3.64. The summed E-state index contributed by atoms with van der Waals surface area (Å²) < 4.78 is 31.8. The molecular weight excluding hydrogens is 356 g/mol. The van der Waals surface area contributed by atoms with Crippen molar-refractivity contribution in [1.82, 2.24) is 10.9 Å². The molecule has 6 nitrogen and oxygen atoms in total. The van der Waals surface area contributed by atoms with Gasteiger partial charge in [0, 0.05) is 6.07 Å². The highest BCUT2D eigenvalue weighted by Crippen LogP contribution is 2.27. The zero-order chi connectivity index (χ0) is 20.0. The van der Waals surface area contributed by atoms with E-state index in [0.29, 0.717) is 11.8 Å². The molecule has 0 aliphatic rings. The Hall–Kier alpha value is -3.16. The van der Waals surface area contributed by atoms with Crippen LogP contribution in [0.15, 0.2) is 36.4 Å². The Balaban J connectivity index is 1.84. The molecule has 2 aromatic rings. The number of hydrogen-bond donors (Lipinski definition) is 3. The molecule has 0 heterocycles. The van der Waals surface area contributed by atoms with Crippen molar-refractivity contribution in [3.8, 4) is 5.75 Å². The first-order chi connectivity index (χ1) is 12.8. The van der Waals surface area contributed by atoms with Gasteiger partial charge in [-0.05, 0) is 42.2 Å². The van der Waals surface area contributed by atoms with E-state index in [1.807, 2.05) is 39.0 Å². The predicted octanol–water partition coefficient (Wildman–Crippen LogP) is 3.63. The third-order valence-electron chi connectivity index (χ3n) is 3.64. The molecule has 27 heavy (non-hydrogen) atoms. The second kappa shape index (κ2) is 8.98. The molecule has 3 amide bonds. The van der Waals surface area contributed by atoms with Gasteiger partial charge in [0.1, 0.15) is 17.4 Å². The predicted molar refractivity (Wildman–Crippen MR) is 97.4 cm³/mol. The van der Waals surface area contributed by atoms with Crippen LogP contribution < -0.4 is 20.9 Å². The van der Waals surface area contributed by atoms with E-state index in [4.69, 9.17) is 4.74 Å². The minimum absolute atomic E-state index is 0.221. The number of aryl methyl sites for hydroxylation is 1. The topological polar surface area (TPSA) is 79.5 Å². The van der Waals surface area contributed by atoms with Crippen LogP contribution in [0.3, 0.4) is 0 Å². The number of rotatable bonds is 5. The highest BCUT2D eigenvalue weighted by Gasteiger charge is 2.12. The summed E-state index contributed by atoms with van der Waals surface area (Å²) in [6, 6.07) is 7.56. The van der Waals surface area contributed by atoms with Gasteiger partial charge in [-0.15, -0.1) is 0 Å². The standard InChI is InChI=1S/C19H21F2N3O3/c1-11(2)14-6-4-12(3)8-17(14)27-10-18(25)23-24-19(26)22-16-7-5-13(20)9-15(16)21/h4-9,11H,10H2,1-3H3,(H,23,25)(H2,22,24,26). The Kier molecular flexibility index (Phi) is 6.70. The number of benzene rings is 2. The molecule has 144 valence electrons. The third kappa shape index (κ3) is 5.95. The van der Waals surface area contributed by atoms with E-state index in [2.05, 4.69) is 16.2 Å². The van der Waals surface area contributed by atoms with Gasteiger partial charge in [-0.25, -0.2) is 19.0 Å². The van der Waals surface area contributed by atoms with Crippen molar-refractivity contribution in [3.05, 3.63) is 59.2 Å². The first-order valence-corrected chi connectivity index (χ1v) is 8.30. The van der Waals surface area contributed by atoms with Crippen molar-refractivity contribution < 1.29 is 23.1 Å². The van der Waals surface area contributed by atoms with Crippen molar-refractivity contribution >= 4 is 17.6 Å². The first kappa shape index (κ1) is 20.2. The number of hydrogen-bond acceptors (Lipinski definition) is 3. The Morgan fingerprint density at radius 2 is 1.81 bits per heavy atom. The van der Waals surface area contributed by atoms with Gasteiger partial charge in [-0.1, -0.05) is 26.0 Å². The summed E-state index contributed by atoms with van der Waals surface area (Å²) in [5.41, 5.74) is 5.95. The lowest BCUT2D eigenvalue weighted by molar-refractivity contribution is -0.123. The maximum absolute atomic E-state index is 13.5. The van der Waals surface area contributed by atoms with E-state index in [-0.39, 0.29) is 18.2 Å². The van der Waals surface area contributed by atoms with Gasteiger partial charge < -0.3 is 10.1 Å². The number of carbonyl (C=O) groups is 2. The van der Waals surface area contributed by atoms with Gasteiger partial charge in [0.2, 0.25) is 0 Å². The van der Waals surface area contributed by atoms with E-state index in [9.17, 15) is 18.4 Å². The van der Waals surface area contributed by atoms with Crippen molar-refractivity contribution in [2.75, 3.05) is 11.9 Å². The molecule has 3 N–H and O–H groups in total. The molecule has 8 heteroatoms. The van der Waals surface area contributed by atoms with Crippen molar-refractivity contribution in [2.24, 2.45) is 0 Å². The van der Waals surface area contributed by atoms with Gasteiger partial charge in [0.25, 0.3) is 5.91 Å². The van der Waals surface area contributed by atoms with Gasteiger partial charge in [-0.2, -0.15) is 0 Å². The molecule has 0 fully saturated rings. The van der Waals surface area contributed by atoms with Gasteiger partial charge >= 0.3 is 6.03 Å². The number of halogens is 2. The van der Waals surface area contributed by atoms with Crippen molar-refractivity contribution in [2.45, 2.75) is 26.7 Å². The maximum atomic E-state index is 13.5. The van der Waals surface area contributed by atoms with Crippen LogP contribution in [-0.4, -0.2) is 18.5 Å². The molecule has 0 aliphatic heterocycles. The van der Waals surface area contributed by atoms with Crippen molar-refractivity contribution in [1.29, 1.82) is 0 Å². The summed E-state index contributed by atoms with van der Waals surface area (Å²) in [4.78, 5) is 23.5. The summed E-state index contributed by atoms with van der Waals surface area (Å²) in [5, 5.41) is 2.15. The van der Waals surface area contributed by atoms with Crippen LogP contribution in [0.2, 0.25) is 0 Å². The molecule has 2 rings (SSSR count). The molecule has 0 radical (unpaired) electrons. The van der Waals surface area contributed by atoms with Crippen LogP contribution in [0.4, 0.5) is 19.3 Å². The fraction of sp³-hybridized carbons (Fsp3) is 0.263. The first-order valence-electron chi connectivity index (χ1n) is 8.30. The highest BCUT2D eigenvalue weighted by molar-refractivity contribution is 5.91. The summed E-state index contributed by atoms with van der Waals surface area (Å²) in [6.45, 7) is 5.63. The molecule has 0 atom stereocenters. The monoisotopic (exact) mass is 377 g/mol. The average molecular weight is 377 g/mol. The minimum atomic E-state index is -0.930. The Morgan fingerprint density at radius 3 is 2.48 bits per heavy atom. The molecule has 0 unspecified atom stereocenters. The lowest BCUT2D eigenvalue weighted by atomic mass is 10.0. The number of nitrogens with one attached hydrogen (secondary N) is 3. The fourth-order valence-electron chi connectivity index (χ4n) is 2.29. The second-order valence-corrected chi connectivity index (χ2v) is 6.24. The zero-order valence-corrected chi connectivity index (χ0v) is 15.2. The summed E-state index contributed by atoms with van der Waals surface area (Å²) in [6.07, 6.45) is 0. The van der Waals surface area contributed by atoms with Crippen LogP contribution in [0.25, 0.3) is 0 Å². The molecule has 0 aliphatic carbocycles. The van der Waals surface area contributed by atoms with Gasteiger partial charge in [-0.3, -0.25) is 10.2 Å². The molecule has 0 aromatic heterocycles. The maximum Gasteiger partial charge on any atom is 0.338 e. The zero-order valence-electron chi connectivity index (χ0n) is 15.2. The van der Waals surface area contributed by atoms with E-state index in [0.717, 1.165) is 23.3 Å². The van der Waals surface area contributed by atoms with Crippen LogP contribution in [0.1, 0.15) is 30.9 Å². The molecule has 2 aromatic carbocycles. The smallest absolute Gasteiger partial charge is 0.338 e. The van der Waals surface area contributed by atoms with E-state index < -0.39 is 23.6 Å². The van der Waals surface area contributed by atoms with Crippen molar-refractivity contribution in [3.63, 3.8) is 0 Å². The highest BCUT2D eigenvalue weighted by atomic mass is 19.1. The fourth-order valence-corrected chi connectivity index (χ4v) is 2.29. The Morgan fingerprint density at radius 1 is 1.07 bits per heavy atom. The number of hydrazine groups is 1. The van der Waals surface area contributed by atoms with Crippen LogP contribution in [-0.2, 0) is 4.79 Å². The average Bonchev–Trinajstić information content (AvgIpc) is 2.60.